The molecule has 1 amide bonds. The number of pyridine rings is 1. The first-order valence-electron chi connectivity index (χ1n) is 9.07. The predicted octanol–water partition coefficient (Wildman–Crippen LogP) is 1.44. The van der Waals surface area contributed by atoms with Crippen LogP contribution in [0.15, 0.2) is 6.07 Å². The van der Waals surface area contributed by atoms with Gasteiger partial charge in [-0.15, -0.1) is 0 Å². The predicted molar refractivity (Wildman–Crippen MR) is 103 cm³/mol. The summed E-state index contributed by atoms with van der Waals surface area (Å²) < 4.78 is 5.50. The van der Waals surface area contributed by atoms with Gasteiger partial charge in [0.05, 0.1) is 5.54 Å². The number of carbonyl (C=O) groups is 1. The quantitative estimate of drug-likeness (QED) is 0.701. The second-order valence-electron chi connectivity index (χ2n) is 8.22. The molecule has 2 rings (SSSR count). The van der Waals surface area contributed by atoms with Crippen molar-refractivity contribution >= 4 is 24.5 Å². The van der Waals surface area contributed by atoms with Crippen LogP contribution in [-0.4, -0.2) is 57.4 Å². The Morgan fingerprint density at radius 2 is 2.12 bits per heavy atom. The van der Waals surface area contributed by atoms with Crippen LogP contribution in [-0.2, 0) is 11.2 Å². The lowest BCUT2D eigenvalue weighted by Gasteiger charge is -2.40. The van der Waals surface area contributed by atoms with Crippen molar-refractivity contribution in [3.8, 4) is 0 Å². The maximum Gasteiger partial charge on any atom is 0.490 e. The lowest BCUT2D eigenvalue weighted by Crippen LogP contribution is -2.51. The number of nitrogens with one attached hydrogen (secondary N) is 1. The lowest BCUT2D eigenvalue weighted by atomic mass is 9.77. The Labute approximate surface area is 155 Å². The number of rotatable bonds is 4. The van der Waals surface area contributed by atoms with Gasteiger partial charge in [0.25, 0.3) is 0 Å². The molecule has 0 spiro atoms. The number of carbonyl (C=O) groups excluding carboxylic acids is 1. The second-order valence-corrected chi connectivity index (χ2v) is 8.22. The van der Waals surface area contributed by atoms with Crippen LogP contribution in [0.25, 0.3) is 0 Å². The molecule has 26 heavy (non-hydrogen) atoms. The Morgan fingerprint density at radius 3 is 2.65 bits per heavy atom. The van der Waals surface area contributed by atoms with Crippen molar-refractivity contribution in [1.82, 2.24) is 9.88 Å². The first-order valence-corrected chi connectivity index (χ1v) is 9.07. The van der Waals surface area contributed by atoms with Gasteiger partial charge in [-0.2, -0.15) is 0 Å². The molecule has 1 aliphatic heterocycles. The molecule has 1 aliphatic rings. The van der Waals surface area contributed by atoms with Gasteiger partial charge in [-0.25, -0.2) is 9.78 Å². The van der Waals surface area contributed by atoms with E-state index in [1.807, 2.05) is 27.7 Å². The van der Waals surface area contributed by atoms with Gasteiger partial charge < -0.3 is 25.0 Å². The summed E-state index contributed by atoms with van der Waals surface area (Å²) in [5.74, 6) is 0.737. The number of hydrogen-bond donors (Lipinski definition) is 3. The summed E-state index contributed by atoms with van der Waals surface area (Å²) in [6.45, 7) is 12.4. The third-order valence-electron chi connectivity index (χ3n) is 4.55. The highest BCUT2D eigenvalue weighted by atomic mass is 16.6. The molecule has 144 valence electrons. The highest BCUT2D eigenvalue weighted by Crippen LogP contribution is 2.30. The van der Waals surface area contributed by atoms with E-state index in [9.17, 15) is 14.8 Å². The Balaban J connectivity index is 2.16. The summed E-state index contributed by atoms with van der Waals surface area (Å²) in [7, 11) is -1.52. The fourth-order valence-corrected chi connectivity index (χ4v) is 3.16. The SMILES string of the molecule is CCN(C[C@@]1(C)CCc2cc(B(O)O)c(C)nc2N1)C(=O)OC(C)(C)C. The molecule has 0 bridgehead atoms. The maximum atomic E-state index is 12.4. The van der Waals surface area contributed by atoms with Gasteiger partial charge in [-0.05, 0) is 59.9 Å². The van der Waals surface area contributed by atoms with Crippen LogP contribution in [0.3, 0.4) is 0 Å². The molecule has 0 aliphatic carbocycles. The van der Waals surface area contributed by atoms with Gasteiger partial charge in [0.15, 0.2) is 0 Å². The Kier molecular flexibility index (Phi) is 5.87. The zero-order chi connectivity index (χ0) is 19.7. The fraction of sp³-hybridized carbons (Fsp3) is 0.667. The van der Waals surface area contributed by atoms with Crippen molar-refractivity contribution in [1.29, 1.82) is 0 Å². The van der Waals surface area contributed by atoms with E-state index in [1.165, 1.54) is 0 Å². The lowest BCUT2D eigenvalue weighted by molar-refractivity contribution is 0.0226. The highest BCUT2D eigenvalue weighted by Gasteiger charge is 2.35. The third-order valence-corrected chi connectivity index (χ3v) is 4.55. The number of ether oxygens (including phenoxy) is 1. The average molecular weight is 363 g/mol. The third kappa shape index (κ3) is 4.89. The molecule has 0 saturated carbocycles. The number of hydrogen-bond acceptors (Lipinski definition) is 6. The highest BCUT2D eigenvalue weighted by molar-refractivity contribution is 6.59. The number of amides is 1. The number of aromatic nitrogens is 1. The largest absolute Gasteiger partial charge is 0.490 e. The van der Waals surface area contributed by atoms with E-state index in [0.29, 0.717) is 24.2 Å². The van der Waals surface area contributed by atoms with E-state index >= 15 is 0 Å². The summed E-state index contributed by atoms with van der Waals surface area (Å²) in [5.41, 5.74) is 1.10. The fourth-order valence-electron chi connectivity index (χ4n) is 3.16. The van der Waals surface area contributed by atoms with E-state index in [4.69, 9.17) is 4.74 Å². The minimum absolute atomic E-state index is 0.322. The van der Waals surface area contributed by atoms with E-state index in [2.05, 4.69) is 17.2 Å². The van der Waals surface area contributed by atoms with Crippen molar-refractivity contribution in [2.75, 3.05) is 18.4 Å². The van der Waals surface area contributed by atoms with Gasteiger partial charge in [0, 0.05) is 24.2 Å². The molecule has 0 aromatic carbocycles. The van der Waals surface area contributed by atoms with Gasteiger partial charge in [-0.1, -0.05) is 6.07 Å². The second kappa shape index (κ2) is 7.44. The first kappa shape index (κ1) is 20.5. The Morgan fingerprint density at radius 1 is 1.46 bits per heavy atom. The van der Waals surface area contributed by atoms with Crippen LogP contribution in [0.4, 0.5) is 10.6 Å². The Hall–Kier alpha value is -1.80. The molecule has 1 aromatic heterocycles. The molecule has 1 atom stereocenters. The molecule has 3 N–H and O–H groups in total. The van der Waals surface area contributed by atoms with Crippen LogP contribution in [0.1, 0.15) is 52.3 Å². The number of likely N-dealkylation sites (N-methyl/N-ethyl adjacent to an activating group) is 1. The maximum absolute atomic E-state index is 12.4. The topological polar surface area (TPSA) is 94.9 Å². The van der Waals surface area contributed by atoms with Gasteiger partial charge in [0.2, 0.25) is 0 Å². The molecule has 0 fully saturated rings. The van der Waals surface area contributed by atoms with Crippen molar-refractivity contribution < 1.29 is 19.6 Å². The van der Waals surface area contributed by atoms with Crippen molar-refractivity contribution in [2.45, 2.75) is 65.5 Å². The van der Waals surface area contributed by atoms with Crippen LogP contribution >= 0.6 is 0 Å². The minimum Gasteiger partial charge on any atom is -0.444 e. The number of anilines is 1. The van der Waals surface area contributed by atoms with E-state index in [-0.39, 0.29) is 11.6 Å². The van der Waals surface area contributed by atoms with Crippen LogP contribution in [0.2, 0.25) is 0 Å². The van der Waals surface area contributed by atoms with E-state index in [0.717, 1.165) is 24.2 Å². The summed E-state index contributed by atoms with van der Waals surface area (Å²) in [6.07, 6.45) is 1.22. The standard InChI is InChI=1S/C18H30BN3O4/c1-7-22(16(23)26-17(3,4)5)11-18(6)9-8-13-10-14(19(24)25)12(2)20-15(13)21-18/h10,24-25H,7-9,11H2,1-6H3,(H,20,21)/t18-/m1/s1. The zero-order valence-electron chi connectivity index (χ0n) is 16.6. The molecular formula is C18H30BN3O4. The van der Waals surface area contributed by atoms with Crippen LogP contribution in [0, 0.1) is 6.92 Å². The van der Waals surface area contributed by atoms with Crippen LogP contribution in [0.5, 0.6) is 0 Å². The number of aryl methyl sites for hydroxylation is 2. The Bertz CT molecular complexity index is 675. The van der Waals surface area contributed by atoms with Crippen molar-refractivity contribution in [3.63, 3.8) is 0 Å². The van der Waals surface area contributed by atoms with E-state index < -0.39 is 12.7 Å². The monoisotopic (exact) mass is 363 g/mol. The van der Waals surface area contributed by atoms with Gasteiger partial charge >= 0.3 is 13.2 Å². The smallest absolute Gasteiger partial charge is 0.444 e. The summed E-state index contributed by atoms with van der Waals surface area (Å²) in [4.78, 5) is 18.6. The first-order chi connectivity index (χ1) is 11.9. The molecule has 0 saturated heterocycles. The summed E-state index contributed by atoms with van der Waals surface area (Å²) in [6, 6.07) is 1.79. The zero-order valence-corrected chi connectivity index (χ0v) is 16.6. The van der Waals surface area contributed by atoms with Crippen molar-refractivity contribution in [3.05, 3.63) is 17.3 Å². The molecule has 2 heterocycles. The van der Waals surface area contributed by atoms with E-state index in [1.54, 1.807) is 17.9 Å². The molecule has 0 unspecified atom stereocenters. The minimum atomic E-state index is -1.52. The summed E-state index contributed by atoms with van der Waals surface area (Å²) in [5, 5.41) is 22.3. The molecular weight excluding hydrogens is 333 g/mol. The molecule has 8 heteroatoms. The number of nitrogens with zero attached hydrogens (tertiary/aromatic N) is 2. The number of fused-ring (bicyclic) bond motifs is 1. The normalized spacial score (nSPS) is 19.4. The molecule has 1 aromatic rings. The van der Waals surface area contributed by atoms with Gasteiger partial charge in [0.1, 0.15) is 11.4 Å². The van der Waals surface area contributed by atoms with Crippen LogP contribution < -0.4 is 10.8 Å². The average Bonchev–Trinajstić information content (AvgIpc) is 2.49. The summed E-state index contributed by atoms with van der Waals surface area (Å²) >= 11 is 0. The molecule has 0 radical (unpaired) electrons. The van der Waals surface area contributed by atoms with Crippen molar-refractivity contribution in [2.24, 2.45) is 0 Å². The molecule has 7 nitrogen and oxygen atoms in total. The van der Waals surface area contributed by atoms with Gasteiger partial charge in [-0.3, -0.25) is 0 Å².